The molecule has 3 unspecified atom stereocenters. The lowest BCUT2D eigenvalue weighted by Crippen LogP contribution is -2.42. The van der Waals surface area contributed by atoms with Gasteiger partial charge in [0.1, 0.15) is 0 Å². The van der Waals surface area contributed by atoms with Crippen molar-refractivity contribution in [2.75, 3.05) is 18.8 Å². The molecule has 2 N–H and O–H groups in total. The van der Waals surface area contributed by atoms with E-state index in [4.69, 9.17) is 0 Å². The molecule has 3 heteroatoms. The Balaban J connectivity index is 1.77. The van der Waals surface area contributed by atoms with E-state index in [0.29, 0.717) is 0 Å². The lowest BCUT2D eigenvalue weighted by molar-refractivity contribution is 0.454. The van der Waals surface area contributed by atoms with E-state index < -0.39 is 0 Å². The van der Waals surface area contributed by atoms with Crippen LogP contribution < -0.4 is 10.6 Å². The fraction of sp³-hybridized carbons (Fsp3) is 1.00. The number of nitrogens with one attached hydrogen (secondary N) is 2. The fourth-order valence-electron chi connectivity index (χ4n) is 2.63. The van der Waals surface area contributed by atoms with Gasteiger partial charge in [0.25, 0.3) is 0 Å². The lowest BCUT2D eigenvalue weighted by Gasteiger charge is -2.23. The van der Waals surface area contributed by atoms with Crippen LogP contribution in [-0.4, -0.2) is 36.2 Å². The number of rotatable bonds is 4. The first-order chi connectivity index (χ1) is 6.90. The van der Waals surface area contributed by atoms with Gasteiger partial charge in [-0.3, -0.25) is 0 Å². The molecule has 2 fully saturated rings. The average Bonchev–Trinajstić information content (AvgIpc) is 2.80. The quantitative estimate of drug-likeness (QED) is 0.743. The van der Waals surface area contributed by atoms with Crippen molar-refractivity contribution in [2.45, 2.75) is 49.9 Å². The van der Waals surface area contributed by atoms with E-state index in [-0.39, 0.29) is 0 Å². The molecule has 82 valence electrons. The topological polar surface area (TPSA) is 24.1 Å². The molecule has 2 aliphatic rings. The molecule has 0 spiro atoms. The van der Waals surface area contributed by atoms with Gasteiger partial charge in [-0.1, -0.05) is 13.3 Å². The summed E-state index contributed by atoms with van der Waals surface area (Å²) in [6.07, 6.45) is 5.57. The maximum absolute atomic E-state index is 3.83. The van der Waals surface area contributed by atoms with Crippen LogP contribution in [0.3, 0.4) is 0 Å². The third-order valence-corrected chi connectivity index (χ3v) is 4.67. The smallest absolute Gasteiger partial charge is 0.0207 e. The van der Waals surface area contributed by atoms with Gasteiger partial charge in [0.05, 0.1) is 0 Å². The molecule has 2 nitrogen and oxygen atoms in total. The summed E-state index contributed by atoms with van der Waals surface area (Å²) in [7, 11) is 0. The van der Waals surface area contributed by atoms with E-state index in [9.17, 15) is 0 Å². The Bertz CT molecular complexity index is 169. The van der Waals surface area contributed by atoms with Gasteiger partial charge in [-0.15, -0.1) is 0 Å². The van der Waals surface area contributed by atoms with E-state index in [1.165, 1.54) is 44.5 Å². The van der Waals surface area contributed by atoms with E-state index in [1.54, 1.807) is 0 Å². The maximum Gasteiger partial charge on any atom is 0.0207 e. The molecule has 14 heavy (non-hydrogen) atoms. The highest BCUT2D eigenvalue weighted by molar-refractivity contribution is 7.99. The first kappa shape index (κ1) is 10.8. The third kappa shape index (κ3) is 2.65. The molecule has 0 aromatic carbocycles. The van der Waals surface area contributed by atoms with E-state index in [0.717, 1.165) is 17.3 Å². The van der Waals surface area contributed by atoms with Crippen LogP contribution in [0, 0.1) is 0 Å². The van der Waals surface area contributed by atoms with Crippen molar-refractivity contribution in [1.82, 2.24) is 10.6 Å². The predicted octanol–water partition coefficient (Wildman–Crippen LogP) is 1.61. The SMILES string of the molecule is CCSC1CCCC1NC1CCNC1. The molecule has 0 bridgehead atoms. The zero-order valence-electron chi connectivity index (χ0n) is 9.09. The summed E-state index contributed by atoms with van der Waals surface area (Å²) in [5, 5.41) is 8.14. The van der Waals surface area contributed by atoms with Gasteiger partial charge in [0.15, 0.2) is 0 Å². The second-order valence-corrected chi connectivity index (χ2v) is 5.90. The van der Waals surface area contributed by atoms with Crippen LogP contribution >= 0.6 is 11.8 Å². The Morgan fingerprint density at radius 3 is 3.00 bits per heavy atom. The Labute approximate surface area is 91.6 Å². The fourth-order valence-corrected chi connectivity index (χ4v) is 3.84. The largest absolute Gasteiger partial charge is 0.315 e. The van der Waals surface area contributed by atoms with E-state index in [1.807, 2.05) is 0 Å². The minimum atomic E-state index is 0.748. The van der Waals surface area contributed by atoms with E-state index >= 15 is 0 Å². The zero-order valence-corrected chi connectivity index (χ0v) is 9.91. The highest BCUT2D eigenvalue weighted by Crippen LogP contribution is 2.30. The molecule has 0 aromatic rings. The molecule has 1 aliphatic heterocycles. The second kappa shape index (κ2) is 5.38. The Morgan fingerprint density at radius 1 is 1.36 bits per heavy atom. The molecule has 0 amide bonds. The zero-order chi connectivity index (χ0) is 9.80. The van der Waals surface area contributed by atoms with Crippen molar-refractivity contribution in [2.24, 2.45) is 0 Å². The van der Waals surface area contributed by atoms with Crippen molar-refractivity contribution < 1.29 is 0 Å². The van der Waals surface area contributed by atoms with Crippen LogP contribution in [0.15, 0.2) is 0 Å². The minimum absolute atomic E-state index is 0.748. The van der Waals surface area contributed by atoms with Crippen LogP contribution in [0.1, 0.15) is 32.6 Å². The van der Waals surface area contributed by atoms with Gasteiger partial charge < -0.3 is 10.6 Å². The molecule has 1 saturated carbocycles. The van der Waals surface area contributed by atoms with Gasteiger partial charge in [0, 0.05) is 23.9 Å². The Hall–Kier alpha value is 0.270. The normalized spacial score (nSPS) is 37.9. The van der Waals surface area contributed by atoms with Crippen LogP contribution in [0.4, 0.5) is 0 Å². The summed E-state index contributed by atoms with van der Waals surface area (Å²) in [6.45, 7) is 4.66. The van der Waals surface area contributed by atoms with Gasteiger partial charge in [-0.25, -0.2) is 0 Å². The first-order valence-corrected chi connectivity index (χ1v) is 7.03. The maximum atomic E-state index is 3.83. The monoisotopic (exact) mass is 214 g/mol. The third-order valence-electron chi connectivity index (χ3n) is 3.34. The molecule has 1 aliphatic carbocycles. The highest BCUT2D eigenvalue weighted by atomic mass is 32.2. The average molecular weight is 214 g/mol. The van der Waals surface area contributed by atoms with Crippen molar-refractivity contribution in [3.63, 3.8) is 0 Å². The van der Waals surface area contributed by atoms with Gasteiger partial charge in [-0.2, -0.15) is 11.8 Å². The van der Waals surface area contributed by atoms with Crippen LogP contribution in [0.5, 0.6) is 0 Å². The Kier molecular flexibility index (Phi) is 4.14. The van der Waals surface area contributed by atoms with E-state index in [2.05, 4.69) is 29.3 Å². The van der Waals surface area contributed by atoms with Crippen molar-refractivity contribution in [1.29, 1.82) is 0 Å². The molecule has 1 saturated heterocycles. The summed E-state index contributed by atoms with van der Waals surface area (Å²) >= 11 is 2.15. The highest BCUT2D eigenvalue weighted by Gasteiger charge is 2.29. The van der Waals surface area contributed by atoms with Gasteiger partial charge in [0.2, 0.25) is 0 Å². The number of hydrogen-bond acceptors (Lipinski definition) is 3. The molecular formula is C11H22N2S. The first-order valence-electron chi connectivity index (χ1n) is 5.98. The van der Waals surface area contributed by atoms with Crippen molar-refractivity contribution in [3.8, 4) is 0 Å². The van der Waals surface area contributed by atoms with Crippen LogP contribution in [0.2, 0.25) is 0 Å². The lowest BCUT2D eigenvalue weighted by atomic mass is 10.2. The number of thioether (sulfide) groups is 1. The summed E-state index contributed by atoms with van der Waals surface area (Å²) in [5.74, 6) is 1.27. The standard InChI is InChI=1S/C11H22N2S/c1-2-14-11-5-3-4-10(11)13-9-6-7-12-8-9/h9-13H,2-8H2,1H3. The molecule has 1 heterocycles. The molecule has 2 rings (SSSR count). The second-order valence-electron chi connectivity index (χ2n) is 4.39. The Morgan fingerprint density at radius 2 is 2.29 bits per heavy atom. The molecule has 0 radical (unpaired) electrons. The molecule has 0 aromatic heterocycles. The van der Waals surface area contributed by atoms with Crippen LogP contribution in [0.25, 0.3) is 0 Å². The number of hydrogen-bond donors (Lipinski definition) is 2. The summed E-state index contributed by atoms with van der Waals surface area (Å²) in [6, 6.07) is 1.54. The van der Waals surface area contributed by atoms with Crippen molar-refractivity contribution >= 4 is 11.8 Å². The van der Waals surface area contributed by atoms with Gasteiger partial charge >= 0.3 is 0 Å². The summed E-state index contributed by atoms with van der Waals surface area (Å²) < 4.78 is 0. The van der Waals surface area contributed by atoms with Crippen molar-refractivity contribution in [3.05, 3.63) is 0 Å². The molecular weight excluding hydrogens is 192 g/mol. The minimum Gasteiger partial charge on any atom is -0.315 e. The summed E-state index contributed by atoms with van der Waals surface area (Å²) in [4.78, 5) is 0. The van der Waals surface area contributed by atoms with Gasteiger partial charge in [-0.05, 0) is 31.6 Å². The molecule has 3 atom stereocenters. The predicted molar refractivity (Wildman–Crippen MR) is 64.0 cm³/mol. The van der Waals surface area contributed by atoms with Crippen LogP contribution in [-0.2, 0) is 0 Å². The summed E-state index contributed by atoms with van der Waals surface area (Å²) in [5.41, 5.74) is 0.